The van der Waals surface area contributed by atoms with Gasteiger partial charge in [0.2, 0.25) is 0 Å². The number of carbonyl (C=O) groups is 2. The number of carboxylic acid groups (broad SMARTS) is 1. The average molecular weight is 275 g/mol. The third-order valence-electron chi connectivity index (χ3n) is 3.11. The maximum atomic E-state index is 13.0. The molecule has 19 heavy (non-hydrogen) atoms. The number of amides is 1. The first-order chi connectivity index (χ1) is 8.69. The van der Waals surface area contributed by atoms with Crippen LogP contribution in [0.5, 0.6) is 0 Å². The monoisotopic (exact) mass is 275 g/mol. The highest BCUT2D eigenvalue weighted by Crippen LogP contribution is 2.29. The Morgan fingerprint density at radius 1 is 1.26 bits per heavy atom. The summed E-state index contributed by atoms with van der Waals surface area (Å²) in [5.41, 5.74) is -0.677. The van der Waals surface area contributed by atoms with E-state index in [2.05, 4.69) is 5.32 Å². The SMILES string of the molecule is CC(C)(C)OC(=O)NC(C(=O)O)C1CCC(F)CC1. The van der Waals surface area contributed by atoms with Gasteiger partial charge in [0.1, 0.15) is 17.8 Å². The normalized spacial score (nSPS) is 25.5. The molecule has 0 aliphatic heterocycles. The molecule has 0 saturated heterocycles. The van der Waals surface area contributed by atoms with Crippen molar-refractivity contribution in [3.63, 3.8) is 0 Å². The molecule has 1 rings (SSSR count). The van der Waals surface area contributed by atoms with Gasteiger partial charge in [0.15, 0.2) is 0 Å². The van der Waals surface area contributed by atoms with E-state index in [4.69, 9.17) is 4.74 Å². The number of halogens is 1. The summed E-state index contributed by atoms with van der Waals surface area (Å²) in [6.07, 6.45) is 0.0333. The molecule has 0 aromatic carbocycles. The van der Waals surface area contributed by atoms with Gasteiger partial charge in [-0.3, -0.25) is 0 Å². The van der Waals surface area contributed by atoms with E-state index in [1.165, 1.54) is 0 Å². The first-order valence-corrected chi connectivity index (χ1v) is 6.55. The van der Waals surface area contributed by atoms with E-state index in [0.29, 0.717) is 25.7 Å². The van der Waals surface area contributed by atoms with E-state index in [1.54, 1.807) is 20.8 Å². The zero-order valence-corrected chi connectivity index (χ0v) is 11.6. The topological polar surface area (TPSA) is 75.6 Å². The lowest BCUT2D eigenvalue weighted by atomic mass is 9.83. The van der Waals surface area contributed by atoms with E-state index >= 15 is 0 Å². The molecular weight excluding hydrogens is 253 g/mol. The highest BCUT2D eigenvalue weighted by Gasteiger charge is 2.34. The van der Waals surface area contributed by atoms with Gasteiger partial charge in [0, 0.05) is 0 Å². The van der Waals surface area contributed by atoms with Crippen molar-refractivity contribution in [2.24, 2.45) is 5.92 Å². The Bertz CT molecular complexity index is 332. The van der Waals surface area contributed by atoms with Crippen LogP contribution in [0.3, 0.4) is 0 Å². The Hall–Kier alpha value is -1.33. The van der Waals surface area contributed by atoms with Crippen LogP contribution in [0, 0.1) is 5.92 Å². The fraction of sp³-hybridized carbons (Fsp3) is 0.846. The fourth-order valence-corrected chi connectivity index (χ4v) is 2.23. The first kappa shape index (κ1) is 15.7. The summed E-state index contributed by atoms with van der Waals surface area (Å²) in [6.45, 7) is 5.12. The van der Waals surface area contributed by atoms with Crippen LogP contribution >= 0.6 is 0 Å². The standard InChI is InChI=1S/C13H22FNO4/c1-13(2,3)19-12(18)15-10(11(16)17)8-4-6-9(14)7-5-8/h8-10H,4-7H2,1-3H3,(H,15,18)(H,16,17). The summed E-state index contributed by atoms with van der Waals surface area (Å²) in [6, 6.07) is -1.01. The Morgan fingerprint density at radius 2 is 1.79 bits per heavy atom. The number of rotatable bonds is 3. The van der Waals surface area contributed by atoms with Crippen LogP contribution in [0.2, 0.25) is 0 Å². The molecule has 0 bridgehead atoms. The quantitative estimate of drug-likeness (QED) is 0.829. The first-order valence-electron chi connectivity index (χ1n) is 6.55. The number of aliphatic carboxylic acids is 1. The number of hydrogen-bond donors (Lipinski definition) is 2. The van der Waals surface area contributed by atoms with Crippen molar-refractivity contribution in [3.05, 3.63) is 0 Å². The number of hydrogen-bond acceptors (Lipinski definition) is 3. The zero-order chi connectivity index (χ0) is 14.6. The maximum absolute atomic E-state index is 13.0. The third kappa shape index (κ3) is 5.44. The smallest absolute Gasteiger partial charge is 0.408 e. The number of carbonyl (C=O) groups excluding carboxylic acids is 1. The molecule has 0 radical (unpaired) electrons. The summed E-state index contributed by atoms with van der Waals surface area (Å²) in [4.78, 5) is 22.8. The van der Waals surface area contributed by atoms with Crippen LogP contribution in [0.4, 0.5) is 9.18 Å². The van der Waals surface area contributed by atoms with Crippen LogP contribution in [0.1, 0.15) is 46.5 Å². The summed E-state index contributed by atoms with van der Waals surface area (Å²) in [7, 11) is 0. The predicted molar refractivity (Wildman–Crippen MR) is 67.6 cm³/mol. The molecule has 1 amide bonds. The number of carboxylic acids is 1. The van der Waals surface area contributed by atoms with Crippen molar-refractivity contribution in [3.8, 4) is 0 Å². The highest BCUT2D eigenvalue weighted by molar-refractivity contribution is 5.80. The molecule has 5 nitrogen and oxygen atoms in total. The minimum Gasteiger partial charge on any atom is -0.480 e. The van der Waals surface area contributed by atoms with Crippen molar-refractivity contribution in [2.75, 3.05) is 0 Å². The van der Waals surface area contributed by atoms with Gasteiger partial charge in [0.05, 0.1) is 0 Å². The average Bonchev–Trinajstić information content (AvgIpc) is 2.24. The Kier molecular flexibility index (Phi) is 5.14. The van der Waals surface area contributed by atoms with Gasteiger partial charge in [-0.25, -0.2) is 14.0 Å². The van der Waals surface area contributed by atoms with Gasteiger partial charge in [-0.1, -0.05) is 0 Å². The van der Waals surface area contributed by atoms with E-state index in [9.17, 15) is 19.1 Å². The molecule has 0 aromatic rings. The molecule has 6 heteroatoms. The Labute approximate surface area is 112 Å². The molecule has 110 valence electrons. The summed E-state index contributed by atoms with van der Waals surface area (Å²) in [5.74, 6) is -1.34. The minimum absolute atomic E-state index is 0.239. The van der Waals surface area contributed by atoms with Crippen LogP contribution in [-0.2, 0) is 9.53 Å². The molecular formula is C13H22FNO4. The largest absolute Gasteiger partial charge is 0.480 e. The number of nitrogens with one attached hydrogen (secondary N) is 1. The number of alkyl halides is 1. The molecule has 1 aliphatic rings. The number of ether oxygens (including phenoxy) is 1. The second-order valence-electron chi connectivity index (χ2n) is 5.97. The second kappa shape index (κ2) is 6.21. The van der Waals surface area contributed by atoms with Crippen LogP contribution in [0.25, 0.3) is 0 Å². The summed E-state index contributed by atoms with van der Waals surface area (Å²) >= 11 is 0. The van der Waals surface area contributed by atoms with Gasteiger partial charge >= 0.3 is 12.1 Å². The molecule has 0 aromatic heterocycles. The van der Waals surface area contributed by atoms with Gasteiger partial charge in [0.25, 0.3) is 0 Å². The van der Waals surface area contributed by atoms with Crippen molar-refractivity contribution in [2.45, 2.75) is 64.3 Å². The lowest BCUT2D eigenvalue weighted by Gasteiger charge is -2.30. The minimum atomic E-state index is -1.10. The molecule has 1 aliphatic carbocycles. The van der Waals surface area contributed by atoms with Crippen molar-refractivity contribution >= 4 is 12.1 Å². The molecule has 0 heterocycles. The van der Waals surface area contributed by atoms with E-state index < -0.39 is 29.9 Å². The molecule has 1 unspecified atom stereocenters. The van der Waals surface area contributed by atoms with Gasteiger partial charge in [-0.15, -0.1) is 0 Å². The number of alkyl carbamates (subject to hydrolysis) is 1. The van der Waals surface area contributed by atoms with Crippen molar-refractivity contribution in [1.29, 1.82) is 0 Å². The van der Waals surface area contributed by atoms with Crippen LogP contribution in [0.15, 0.2) is 0 Å². The molecule has 2 N–H and O–H groups in total. The molecule has 1 saturated carbocycles. The second-order valence-corrected chi connectivity index (χ2v) is 5.97. The van der Waals surface area contributed by atoms with Gasteiger partial charge < -0.3 is 15.2 Å². The molecule has 1 fully saturated rings. The van der Waals surface area contributed by atoms with Gasteiger partial charge in [-0.2, -0.15) is 0 Å². The predicted octanol–water partition coefficient (Wildman–Crippen LogP) is 2.49. The zero-order valence-electron chi connectivity index (χ0n) is 11.6. The lowest BCUT2D eigenvalue weighted by molar-refractivity contribution is -0.141. The Morgan fingerprint density at radius 3 is 2.21 bits per heavy atom. The summed E-state index contributed by atoms with van der Waals surface area (Å²) < 4.78 is 18.1. The van der Waals surface area contributed by atoms with Crippen molar-refractivity contribution < 1.29 is 23.8 Å². The van der Waals surface area contributed by atoms with E-state index in [1.807, 2.05) is 0 Å². The van der Waals surface area contributed by atoms with Crippen LogP contribution in [-0.4, -0.2) is 35.0 Å². The van der Waals surface area contributed by atoms with Gasteiger partial charge in [-0.05, 0) is 52.4 Å². The third-order valence-corrected chi connectivity index (χ3v) is 3.11. The molecule has 0 spiro atoms. The van der Waals surface area contributed by atoms with Crippen molar-refractivity contribution in [1.82, 2.24) is 5.32 Å². The fourth-order valence-electron chi connectivity index (χ4n) is 2.23. The maximum Gasteiger partial charge on any atom is 0.408 e. The van der Waals surface area contributed by atoms with E-state index in [0.717, 1.165) is 0 Å². The van der Waals surface area contributed by atoms with Crippen LogP contribution < -0.4 is 5.32 Å². The summed E-state index contributed by atoms with van der Waals surface area (Å²) in [5, 5.41) is 11.5. The van der Waals surface area contributed by atoms with E-state index in [-0.39, 0.29) is 5.92 Å². The Balaban J connectivity index is 2.58. The molecule has 1 atom stereocenters. The highest BCUT2D eigenvalue weighted by atomic mass is 19.1. The lowest BCUT2D eigenvalue weighted by Crippen LogP contribution is -2.48.